The Kier molecular flexibility index (Phi) is 6.28. The molecule has 1 fully saturated rings. The zero-order chi connectivity index (χ0) is 18.6. The molecule has 2 rings (SSSR count). The average molecular weight is 346 g/mol. The van der Waals surface area contributed by atoms with Crippen LogP contribution in [0.25, 0.3) is 0 Å². The van der Waals surface area contributed by atoms with Crippen molar-refractivity contribution in [1.29, 1.82) is 0 Å². The summed E-state index contributed by atoms with van der Waals surface area (Å²) in [4.78, 5) is 28.4. The minimum atomic E-state index is -0.219. The van der Waals surface area contributed by atoms with Gasteiger partial charge >= 0.3 is 6.03 Å². The van der Waals surface area contributed by atoms with Crippen molar-refractivity contribution < 1.29 is 9.59 Å². The van der Waals surface area contributed by atoms with Crippen LogP contribution in [0.1, 0.15) is 39.2 Å². The van der Waals surface area contributed by atoms with Gasteiger partial charge in [0.25, 0.3) is 0 Å². The zero-order valence-electron chi connectivity index (χ0n) is 15.9. The molecule has 1 aromatic carbocycles. The number of hydrogen-bond acceptors (Lipinski definition) is 3. The van der Waals surface area contributed by atoms with Crippen molar-refractivity contribution in [1.82, 2.24) is 10.2 Å². The number of nitrogens with one attached hydrogen (secondary N) is 2. The highest BCUT2D eigenvalue weighted by Gasteiger charge is 2.34. The number of carbonyl (C=O) groups excluding carboxylic acids is 2. The lowest BCUT2D eigenvalue weighted by Gasteiger charge is -2.27. The van der Waals surface area contributed by atoms with Crippen molar-refractivity contribution in [2.45, 2.75) is 46.2 Å². The molecule has 1 aliphatic rings. The molecule has 0 aromatic heterocycles. The highest BCUT2D eigenvalue weighted by molar-refractivity contribution is 5.89. The predicted octanol–water partition coefficient (Wildman–Crippen LogP) is 3.04. The first kappa shape index (κ1) is 19.1. The molecule has 6 nitrogen and oxygen atoms in total. The molecule has 25 heavy (non-hydrogen) atoms. The third kappa shape index (κ3) is 5.11. The predicted molar refractivity (Wildman–Crippen MR) is 102 cm³/mol. The first-order chi connectivity index (χ1) is 11.8. The van der Waals surface area contributed by atoms with Crippen LogP contribution in [0.3, 0.4) is 0 Å². The van der Waals surface area contributed by atoms with E-state index < -0.39 is 0 Å². The normalized spacial score (nSPS) is 13.5. The van der Waals surface area contributed by atoms with Gasteiger partial charge in [0.2, 0.25) is 5.91 Å². The van der Waals surface area contributed by atoms with Gasteiger partial charge < -0.3 is 20.4 Å². The molecule has 0 spiro atoms. The largest absolute Gasteiger partial charge is 0.377 e. The molecule has 6 heteroatoms. The summed E-state index contributed by atoms with van der Waals surface area (Å²) in [6.07, 6.45) is 2.15. The Balaban J connectivity index is 2.26. The van der Waals surface area contributed by atoms with Gasteiger partial charge in [-0.05, 0) is 43.5 Å². The lowest BCUT2D eigenvalue weighted by molar-refractivity contribution is -0.135. The van der Waals surface area contributed by atoms with E-state index in [0.717, 1.165) is 29.8 Å². The molecule has 0 atom stereocenters. The second kappa shape index (κ2) is 8.23. The number of carbonyl (C=O) groups is 2. The van der Waals surface area contributed by atoms with Crippen LogP contribution in [0, 0.1) is 5.92 Å². The fourth-order valence-electron chi connectivity index (χ4n) is 2.85. The second-order valence-corrected chi connectivity index (χ2v) is 7.07. The Morgan fingerprint density at radius 3 is 2.44 bits per heavy atom. The fourth-order valence-corrected chi connectivity index (χ4v) is 2.85. The molecular weight excluding hydrogens is 316 g/mol. The number of hydrogen-bond donors (Lipinski definition) is 2. The Morgan fingerprint density at radius 1 is 1.24 bits per heavy atom. The summed E-state index contributed by atoms with van der Waals surface area (Å²) in [6, 6.07) is 5.98. The first-order valence-electron chi connectivity index (χ1n) is 8.99. The number of benzene rings is 1. The van der Waals surface area contributed by atoms with Gasteiger partial charge in [0, 0.05) is 50.5 Å². The van der Waals surface area contributed by atoms with Crippen molar-refractivity contribution in [2.75, 3.05) is 30.9 Å². The molecule has 0 saturated heterocycles. The Morgan fingerprint density at radius 2 is 1.92 bits per heavy atom. The molecule has 0 bridgehead atoms. The van der Waals surface area contributed by atoms with Gasteiger partial charge in [0.15, 0.2) is 0 Å². The molecular formula is C19H30N4O2. The van der Waals surface area contributed by atoms with Crippen LogP contribution in [-0.2, 0) is 11.3 Å². The van der Waals surface area contributed by atoms with E-state index in [4.69, 9.17) is 0 Å². The zero-order valence-corrected chi connectivity index (χ0v) is 15.9. The molecule has 2 N–H and O–H groups in total. The second-order valence-electron chi connectivity index (χ2n) is 7.07. The molecule has 0 heterocycles. The lowest BCUT2D eigenvalue weighted by Crippen LogP contribution is -2.36. The maximum Gasteiger partial charge on any atom is 0.319 e. The van der Waals surface area contributed by atoms with Crippen LogP contribution < -0.4 is 15.5 Å². The maximum atomic E-state index is 12.6. The molecule has 0 unspecified atom stereocenters. The van der Waals surface area contributed by atoms with E-state index in [2.05, 4.69) is 10.6 Å². The van der Waals surface area contributed by atoms with Crippen LogP contribution >= 0.6 is 0 Å². The Hall–Kier alpha value is -2.24. The Labute approximate surface area is 150 Å². The Bertz CT molecular complexity index is 624. The van der Waals surface area contributed by atoms with Crippen LogP contribution in [-0.4, -0.2) is 43.5 Å². The molecule has 0 aliphatic heterocycles. The third-order valence-corrected chi connectivity index (χ3v) is 4.26. The number of urea groups is 1. The highest BCUT2D eigenvalue weighted by atomic mass is 16.2. The summed E-state index contributed by atoms with van der Waals surface area (Å²) in [5.74, 6) is 0.175. The summed E-state index contributed by atoms with van der Waals surface area (Å²) in [5, 5.41) is 5.58. The van der Waals surface area contributed by atoms with Crippen LogP contribution in [0.2, 0.25) is 0 Å². The van der Waals surface area contributed by atoms with Gasteiger partial charge in [-0.15, -0.1) is 0 Å². The highest BCUT2D eigenvalue weighted by Crippen LogP contribution is 2.32. The molecule has 3 amide bonds. The van der Waals surface area contributed by atoms with E-state index >= 15 is 0 Å². The lowest BCUT2D eigenvalue weighted by atomic mass is 10.1. The van der Waals surface area contributed by atoms with Crippen molar-refractivity contribution in [3.05, 3.63) is 23.8 Å². The summed E-state index contributed by atoms with van der Waals surface area (Å²) in [5.41, 5.74) is 2.84. The number of nitrogens with zero attached hydrogens (tertiary/aromatic N) is 2. The fraction of sp³-hybridized carbons (Fsp3) is 0.579. The molecule has 1 aromatic rings. The summed E-state index contributed by atoms with van der Waals surface area (Å²) < 4.78 is 0. The minimum Gasteiger partial charge on any atom is -0.377 e. The number of anilines is 2. The van der Waals surface area contributed by atoms with Gasteiger partial charge in [0.1, 0.15) is 0 Å². The summed E-state index contributed by atoms with van der Waals surface area (Å²) >= 11 is 0. The third-order valence-electron chi connectivity index (χ3n) is 4.26. The summed E-state index contributed by atoms with van der Waals surface area (Å²) in [7, 11) is 3.98. The van der Waals surface area contributed by atoms with Crippen LogP contribution in [0.4, 0.5) is 16.2 Å². The molecule has 1 aliphatic carbocycles. The van der Waals surface area contributed by atoms with Crippen molar-refractivity contribution in [2.24, 2.45) is 5.92 Å². The minimum absolute atomic E-state index is 0.0138. The van der Waals surface area contributed by atoms with Gasteiger partial charge in [0.05, 0.1) is 0 Å². The van der Waals surface area contributed by atoms with Crippen molar-refractivity contribution >= 4 is 23.3 Å². The average Bonchev–Trinajstić information content (AvgIpc) is 3.36. The van der Waals surface area contributed by atoms with E-state index in [1.807, 2.05) is 62.9 Å². The first-order valence-corrected chi connectivity index (χ1v) is 8.99. The monoisotopic (exact) mass is 346 g/mol. The topological polar surface area (TPSA) is 64.7 Å². The van der Waals surface area contributed by atoms with Gasteiger partial charge in [-0.1, -0.05) is 13.8 Å². The molecule has 0 radical (unpaired) electrons. The van der Waals surface area contributed by atoms with Gasteiger partial charge in [-0.25, -0.2) is 4.79 Å². The van der Waals surface area contributed by atoms with Crippen LogP contribution in [0.5, 0.6) is 0 Å². The number of rotatable bonds is 7. The van der Waals surface area contributed by atoms with E-state index in [-0.39, 0.29) is 17.9 Å². The summed E-state index contributed by atoms with van der Waals surface area (Å²) in [6.45, 7) is 6.91. The standard InChI is InChI=1S/C19H30N4O2/c1-6-20-19(25)21-15-7-10-17(22(4)5)14(11-15)12-23(16-8-9-16)18(24)13(2)3/h7,10-11,13,16H,6,8-9,12H2,1-5H3,(H2,20,21,25). The maximum absolute atomic E-state index is 12.6. The van der Waals surface area contributed by atoms with E-state index in [0.29, 0.717) is 19.1 Å². The van der Waals surface area contributed by atoms with E-state index in [1.54, 1.807) is 0 Å². The van der Waals surface area contributed by atoms with Crippen molar-refractivity contribution in [3.63, 3.8) is 0 Å². The molecule has 1 saturated carbocycles. The quantitative estimate of drug-likeness (QED) is 0.797. The SMILES string of the molecule is CCNC(=O)Nc1ccc(N(C)C)c(CN(C(=O)C(C)C)C2CC2)c1. The van der Waals surface area contributed by atoms with E-state index in [1.165, 1.54) is 0 Å². The smallest absolute Gasteiger partial charge is 0.319 e. The number of amides is 3. The van der Waals surface area contributed by atoms with Crippen LogP contribution in [0.15, 0.2) is 18.2 Å². The van der Waals surface area contributed by atoms with Gasteiger partial charge in [-0.2, -0.15) is 0 Å². The van der Waals surface area contributed by atoms with E-state index in [9.17, 15) is 9.59 Å². The molecule has 138 valence electrons. The van der Waals surface area contributed by atoms with Crippen molar-refractivity contribution in [3.8, 4) is 0 Å². The van der Waals surface area contributed by atoms with Gasteiger partial charge in [-0.3, -0.25) is 4.79 Å².